The summed E-state index contributed by atoms with van der Waals surface area (Å²) in [5, 5.41) is 0. The van der Waals surface area contributed by atoms with Crippen molar-refractivity contribution in [2.45, 2.75) is 20.8 Å². The lowest BCUT2D eigenvalue weighted by atomic mass is 10.0. The SMILES string of the molecule is C[C](C)c1cc(F)cc(OC(C)=O)c1. The fraction of sp³-hybridized carbons (Fsp3) is 0.273. The molecule has 0 saturated heterocycles. The summed E-state index contributed by atoms with van der Waals surface area (Å²) >= 11 is 0. The molecule has 0 heterocycles. The standard InChI is InChI=1S/C11H12FO2/c1-7(2)9-4-10(12)6-11(5-9)14-8(3)13/h4-6H,1-3H3. The van der Waals surface area contributed by atoms with E-state index in [-0.39, 0.29) is 5.75 Å². The van der Waals surface area contributed by atoms with Gasteiger partial charge < -0.3 is 4.74 Å². The van der Waals surface area contributed by atoms with Gasteiger partial charge in [-0.25, -0.2) is 4.39 Å². The quantitative estimate of drug-likeness (QED) is 0.535. The zero-order chi connectivity index (χ0) is 10.7. The number of rotatable bonds is 2. The van der Waals surface area contributed by atoms with Gasteiger partial charge in [-0.2, -0.15) is 0 Å². The molecule has 1 aromatic rings. The summed E-state index contributed by atoms with van der Waals surface area (Å²) in [6.07, 6.45) is 0. The van der Waals surface area contributed by atoms with Crippen LogP contribution in [0.4, 0.5) is 4.39 Å². The van der Waals surface area contributed by atoms with Gasteiger partial charge in [0.05, 0.1) is 0 Å². The molecule has 0 N–H and O–H groups in total. The third-order valence-electron chi connectivity index (χ3n) is 1.71. The van der Waals surface area contributed by atoms with E-state index in [1.54, 1.807) is 6.07 Å². The Balaban J connectivity index is 3.01. The first-order chi connectivity index (χ1) is 6.49. The lowest BCUT2D eigenvalue weighted by molar-refractivity contribution is -0.131. The van der Waals surface area contributed by atoms with Gasteiger partial charge in [0.2, 0.25) is 0 Å². The number of carbonyl (C=O) groups is 1. The number of hydrogen-bond acceptors (Lipinski definition) is 2. The lowest BCUT2D eigenvalue weighted by Gasteiger charge is -2.07. The summed E-state index contributed by atoms with van der Waals surface area (Å²) < 4.78 is 17.8. The van der Waals surface area contributed by atoms with Crippen LogP contribution in [0.1, 0.15) is 26.3 Å². The molecular formula is C11H12FO2. The maximum atomic E-state index is 13.0. The lowest BCUT2D eigenvalue weighted by Crippen LogP contribution is -2.02. The molecule has 1 radical (unpaired) electrons. The first-order valence-corrected chi connectivity index (χ1v) is 4.28. The summed E-state index contributed by atoms with van der Waals surface area (Å²) in [6.45, 7) is 5.02. The van der Waals surface area contributed by atoms with E-state index in [1.807, 2.05) is 13.8 Å². The van der Waals surface area contributed by atoms with E-state index in [0.29, 0.717) is 0 Å². The van der Waals surface area contributed by atoms with E-state index in [1.165, 1.54) is 19.1 Å². The summed E-state index contributed by atoms with van der Waals surface area (Å²) in [4.78, 5) is 10.7. The molecule has 0 amide bonds. The first kappa shape index (κ1) is 10.7. The van der Waals surface area contributed by atoms with Gasteiger partial charge >= 0.3 is 5.97 Å². The van der Waals surface area contributed by atoms with E-state index in [2.05, 4.69) is 0 Å². The number of ether oxygens (including phenoxy) is 1. The van der Waals surface area contributed by atoms with E-state index >= 15 is 0 Å². The Morgan fingerprint density at radius 2 is 1.86 bits per heavy atom. The molecule has 0 aromatic heterocycles. The Morgan fingerprint density at radius 3 is 2.36 bits per heavy atom. The van der Waals surface area contributed by atoms with Crippen LogP contribution in [0, 0.1) is 11.7 Å². The molecule has 0 saturated carbocycles. The fourth-order valence-corrected chi connectivity index (χ4v) is 1.08. The largest absolute Gasteiger partial charge is 0.427 e. The van der Waals surface area contributed by atoms with Gasteiger partial charge in [0, 0.05) is 13.0 Å². The fourth-order valence-electron chi connectivity index (χ4n) is 1.08. The molecule has 0 atom stereocenters. The minimum Gasteiger partial charge on any atom is -0.427 e. The summed E-state index contributed by atoms with van der Waals surface area (Å²) in [5.74, 6) is 0.363. The van der Waals surface area contributed by atoms with Crippen molar-refractivity contribution in [3.63, 3.8) is 0 Å². The maximum absolute atomic E-state index is 13.0. The van der Waals surface area contributed by atoms with Gasteiger partial charge in [-0.05, 0) is 23.6 Å². The van der Waals surface area contributed by atoms with Crippen molar-refractivity contribution in [1.82, 2.24) is 0 Å². The second-order valence-electron chi connectivity index (χ2n) is 3.27. The van der Waals surface area contributed by atoms with E-state index in [0.717, 1.165) is 11.5 Å². The van der Waals surface area contributed by atoms with Crippen LogP contribution in [0.25, 0.3) is 0 Å². The Labute approximate surface area is 82.7 Å². The van der Waals surface area contributed by atoms with E-state index in [9.17, 15) is 9.18 Å². The Hall–Kier alpha value is -1.38. The minimum absolute atomic E-state index is 0.244. The third-order valence-corrected chi connectivity index (χ3v) is 1.71. The van der Waals surface area contributed by atoms with Gasteiger partial charge in [0.25, 0.3) is 0 Å². The van der Waals surface area contributed by atoms with Crippen LogP contribution in [0.5, 0.6) is 5.75 Å². The smallest absolute Gasteiger partial charge is 0.308 e. The maximum Gasteiger partial charge on any atom is 0.308 e. The molecule has 0 bridgehead atoms. The molecular weight excluding hydrogens is 183 g/mol. The molecule has 1 rings (SSSR count). The van der Waals surface area contributed by atoms with Crippen LogP contribution in [-0.2, 0) is 4.79 Å². The molecule has 0 fully saturated rings. The van der Waals surface area contributed by atoms with Crippen LogP contribution in [0.2, 0.25) is 0 Å². The van der Waals surface area contributed by atoms with Crippen LogP contribution in [0.3, 0.4) is 0 Å². The highest BCUT2D eigenvalue weighted by Crippen LogP contribution is 2.21. The van der Waals surface area contributed by atoms with Crippen molar-refractivity contribution in [1.29, 1.82) is 0 Å². The van der Waals surface area contributed by atoms with Crippen LogP contribution >= 0.6 is 0 Å². The predicted octanol–water partition coefficient (Wildman–Crippen LogP) is 2.71. The number of carbonyl (C=O) groups excluding carboxylic acids is 1. The number of halogens is 1. The van der Waals surface area contributed by atoms with Gasteiger partial charge in [0.1, 0.15) is 11.6 Å². The van der Waals surface area contributed by atoms with Crippen molar-refractivity contribution < 1.29 is 13.9 Å². The van der Waals surface area contributed by atoms with Crippen molar-refractivity contribution in [2.24, 2.45) is 0 Å². The third kappa shape index (κ3) is 2.83. The molecule has 0 unspecified atom stereocenters. The van der Waals surface area contributed by atoms with Crippen LogP contribution < -0.4 is 4.74 Å². The zero-order valence-corrected chi connectivity index (χ0v) is 8.43. The highest BCUT2D eigenvalue weighted by Gasteiger charge is 2.06. The van der Waals surface area contributed by atoms with E-state index < -0.39 is 11.8 Å². The monoisotopic (exact) mass is 195 g/mol. The highest BCUT2D eigenvalue weighted by atomic mass is 19.1. The van der Waals surface area contributed by atoms with Gasteiger partial charge in [-0.1, -0.05) is 13.8 Å². The van der Waals surface area contributed by atoms with E-state index in [4.69, 9.17) is 4.74 Å². The average Bonchev–Trinajstić information content (AvgIpc) is 2.01. The summed E-state index contributed by atoms with van der Waals surface area (Å²) in [5.41, 5.74) is 0.737. The van der Waals surface area contributed by atoms with Crippen LogP contribution in [-0.4, -0.2) is 5.97 Å². The van der Waals surface area contributed by atoms with Crippen molar-refractivity contribution >= 4 is 5.97 Å². The van der Waals surface area contributed by atoms with Crippen molar-refractivity contribution in [3.05, 3.63) is 35.5 Å². The topological polar surface area (TPSA) is 26.3 Å². The van der Waals surface area contributed by atoms with Crippen LogP contribution in [0.15, 0.2) is 18.2 Å². The molecule has 14 heavy (non-hydrogen) atoms. The Bertz CT molecular complexity index is 345. The Kier molecular flexibility index (Phi) is 3.23. The second-order valence-corrected chi connectivity index (χ2v) is 3.27. The second kappa shape index (κ2) is 4.22. The van der Waals surface area contributed by atoms with Crippen molar-refractivity contribution in [3.8, 4) is 5.75 Å². The molecule has 0 aliphatic heterocycles. The molecule has 0 aliphatic carbocycles. The first-order valence-electron chi connectivity index (χ1n) is 4.28. The van der Waals surface area contributed by atoms with Crippen molar-refractivity contribution in [2.75, 3.05) is 0 Å². The molecule has 75 valence electrons. The Morgan fingerprint density at radius 1 is 1.21 bits per heavy atom. The summed E-state index contributed by atoms with van der Waals surface area (Å²) in [6, 6.07) is 4.23. The van der Waals surface area contributed by atoms with Gasteiger partial charge in [-0.3, -0.25) is 4.79 Å². The molecule has 3 heteroatoms. The van der Waals surface area contributed by atoms with Gasteiger partial charge in [-0.15, -0.1) is 0 Å². The minimum atomic E-state index is -0.449. The number of esters is 1. The highest BCUT2D eigenvalue weighted by molar-refractivity contribution is 5.69. The predicted molar refractivity (Wildman–Crippen MR) is 51.4 cm³/mol. The molecule has 0 aliphatic rings. The summed E-state index contributed by atoms with van der Waals surface area (Å²) in [7, 11) is 0. The molecule has 0 spiro atoms. The van der Waals surface area contributed by atoms with Gasteiger partial charge in [0.15, 0.2) is 0 Å². The normalized spacial score (nSPS) is 10.4. The zero-order valence-electron chi connectivity index (χ0n) is 8.43. The molecule has 1 aromatic carbocycles. The number of benzene rings is 1. The number of hydrogen-bond donors (Lipinski definition) is 0. The molecule has 2 nitrogen and oxygen atoms in total. The average molecular weight is 195 g/mol.